The van der Waals surface area contributed by atoms with E-state index < -0.39 is 0 Å². The maximum Gasteiger partial charge on any atom is 0.318 e. The Hall–Kier alpha value is -2.73. The number of likely N-dealkylation sites (tertiary alicyclic amines) is 1. The monoisotopic (exact) mass is 425 g/mol. The van der Waals surface area contributed by atoms with Crippen LogP contribution in [0, 0.1) is 0 Å². The van der Waals surface area contributed by atoms with Crippen molar-refractivity contribution in [2.24, 2.45) is 0 Å². The van der Waals surface area contributed by atoms with Crippen LogP contribution in [0.1, 0.15) is 49.4 Å². The molecule has 0 aromatic heterocycles. The molecule has 2 aromatic rings. The van der Waals surface area contributed by atoms with Crippen LogP contribution in [-0.4, -0.2) is 49.7 Å². The zero-order valence-corrected chi connectivity index (χ0v) is 19.2. The standard InChI is InChI=1S/C25H35N3O3/c1-5-27(6-2)18-20-11-9-19(10-12-20)17-26-25(29)28-15-7-8-23(28)22-14-13-21(30-3)16-24(22)31-4/h9-14,16,23H,5-8,15,17-18H2,1-4H3,(H,26,29). The Morgan fingerprint density at radius 3 is 2.42 bits per heavy atom. The first-order valence-electron chi connectivity index (χ1n) is 11.2. The number of ether oxygens (including phenoxy) is 2. The van der Waals surface area contributed by atoms with Crippen LogP contribution >= 0.6 is 0 Å². The van der Waals surface area contributed by atoms with Gasteiger partial charge in [-0.1, -0.05) is 38.1 Å². The third-order valence-corrected chi connectivity index (χ3v) is 6.08. The van der Waals surface area contributed by atoms with Crippen LogP contribution in [0.4, 0.5) is 4.79 Å². The van der Waals surface area contributed by atoms with Crippen molar-refractivity contribution in [3.8, 4) is 11.5 Å². The summed E-state index contributed by atoms with van der Waals surface area (Å²) in [4.78, 5) is 17.3. The van der Waals surface area contributed by atoms with Crippen molar-refractivity contribution >= 4 is 6.03 Å². The van der Waals surface area contributed by atoms with Gasteiger partial charge in [0.25, 0.3) is 0 Å². The van der Waals surface area contributed by atoms with Gasteiger partial charge in [-0.05, 0) is 49.2 Å². The molecule has 6 nitrogen and oxygen atoms in total. The highest BCUT2D eigenvalue weighted by atomic mass is 16.5. The average Bonchev–Trinajstić information content (AvgIpc) is 3.31. The summed E-state index contributed by atoms with van der Waals surface area (Å²) in [6.07, 6.45) is 1.91. The van der Waals surface area contributed by atoms with Crippen molar-refractivity contribution in [3.05, 3.63) is 59.2 Å². The molecular weight excluding hydrogens is 390 g/mol. The summed E-state index contributed by atoms with van der Waals surface area (Å²) in [7, 11) is 3.29. The lowest BCUT2D eigenvalue weighted by Gasteiger charge is -2.27. The van der Waals surface area contributed by atoms with Crippen molar-refractivity contribution in [1.29, 1.82) is 0 Å². The molecule has 2 aromatic carbocycles. The van der Waals surface area contributed by atoms with Crippen molar-refractivity contribution < 1.29 is 14.3 Å². The van der Waals surface area contributed by atoms with Crippen LogP contribution in [-0.2, 0) is 13.1 Å². The Morgan fingerprint density at radius 1 is 1.06 bits per heavy atom. The number of carbonyl (C=O) groups excluding carboxylic acids is 1. The van der Waals surface area contributed by atoms with E-state index in [9.17, 15) is 4.79 Å². The number of nitrogens with one attached hydrogen (secondary N) is 1. The van der Waals surface area contributed by atoms with Crippen LogP contribution < -0.4 is 14.8 Å². The molecule has 6 heteroatoms. The summed E-state index contributed by atoms with van der Waals surface area (Å²) in [6, 6.07) is 14.3. The topological polar surface area (TPSA) is 54.0 Å². The molecule has 1 atom stereocenters. The predicted molar refractivity (Wildman–Crippen MR) is 124 cm³/mol. The van der Waals surface area contributed by atoms with Crippen molar-refractivity contribution in [2.75, 3.05) is 33.9 Å². The molecular formula is C25H35N3O3. The molecule has 2 amide bonds. The lowest BCUT2D eigenvalue weighted by molar-refractivity contribution is 0.191. The van der Waals surface area contributed by atoms with Gasteiger partial charge in [-0.25, -0.2) is 4.79 Å². The average molecular weight is 426 g/mol. The van der Waals surface area contributed by atoms with Gasteiger partial charge in [0.05, 0.1) is 20.3 Å². The van der Waals surface area contributed by atoms with E-state index in [2.05, 4.69) is 48.3 Å². The Morgan fingerprint density at radius 2 is 1.77 bits per heavy atom. The van der Waals surface area contributed by atoms with Gasteiger partial charge < -0.3 is 19.7 Å². The molecule has 0 bridgehead atoms. The first-order chi connectivity index (χ1) is 15.1. The second-order valence-corrected chi connectivity index (χ2v) is 7.90. The first kappa shape index (κ1) is 22.9. The number of hydrogen-bond acceptors (Lipinski definition) is 4. The zero-order chi connectivity index (χ0) is 22.2. The van der Waals surface area contributed by atoms with Crippen molar-refractivity contribution in [3.63, 3.8) is 0 Å². The van der Waals surface area contributed by atoms with E-state index in [4.69, 9.17) is 9.47 Å². The second-order valence-electron chi connectivity index (χ2n) is 7.90. The fourth-order valence-electron chi connectivity index (χ4n) is 4.17. The van der Waals surface area contributed by atoms with Gasteiger partial charge in [0.1, 0.15) is 11.5 Å². The molecule has 0 spiro atoms. The van der Waals surface area contributed by atoms with Crippen molar-refractivity contribution in [2.45, 2.75) is 45.8 Å². The van der Waals surface area contributed by atoms with Crippen LogP contribution in [0.2, 0.25) is 0 Å². The number of nitrogens with zero attached hydrogens (tertiary/aromatic N) is 2. The second kappa shape index (κ2) is 11.0. The minimum absolute atomic E-state index is 0.0114. The highest BCUT2D eigenvalue weighted by Crippen LogP contribution is 2.38. The molecule has 0 radical (unpaired) electrons. The first-order valence-corrected chi connectivity index (χ1v) is 11.2. The fourth-order valence-corrected chi connectivity index (χ4v) is 4.17. The zero-order valence-electron chi connectivity index (χ0n) is 19.2. The number of rotatable bonds is 9. The van der Waals surface area contributed by atoms with Crippen LogP contribution in [0.25, 0.3) is 0 Å². The Bertz CT molecular complexity index is 850. The molecule has 1 aliphatic rings. The normalized spacial score (nSPS) is 15.9. The Labute approximate surface area is 186 Å². The molecule has 1 heterocycles. The highest BCUT2D eigenvalue weighted by Gasteiger charge is 2.32. The molecule has 1 aliphatic heterocycles. The minimum atomic E-state index is -0.0346. The van der Waals surface area contributed by atoms with E-state index >= 15 is 0 Å². The number of urea groups is 1. The minimum Gasteiger partial charge on any atom is -0.497 e. The summed E-state index contributed by atoms with van der Waals surface area (Å²) >= 11 is 0. The largest absolute Gasteiger partial charge is 0.497 e. The van der Waals surface area contributed by atoms with E-state index in [1.54, 1.807) is 14.2 Å². The Balaban J connectivity index is 1.61. The predicted octanol–water partition coefficient (Wildman–Crippen LogP) is 4.59. The molecule has 0 aliphatic carbocycles. The molecule has 31 heavy (non-hydrogen) atoms. The number of benzene rings is 2. The summed E-state index contributed by atoms with van der Waals surface area (Å²) < 4.78 is 10.9. The van der Waals surface area contributed by atoms with E-state index in [-0.39, 0.29) is 12.1 Å². The van der Waals surface area contributed by atoms with Crippen molar-refractivity contribution in [1.82, 2.24) is 15.1 Å². The Kier molecular flexibility index (Phi) is 8.18. The smallest absolute Gasteiger partial charge is 0.318 e. The third kappa shape index (κ3) is 5.70. The van der Waals surface area contributed by atoms with Gasteiger partial charge >= 0.3 is 6.03 Å². The van der Waals surface area contributed by atoms with E-state index in [1.807, 2.05) is 23.1 Å². The van der Waals surface area contributed by atoms with Crippen LogP contribution in [0.5, 0.6) is 11.5 Å². The van der Waals surface area contributed by atoms with Gasteiger partial charge in [-0.2, -0.15) is 0 Å². The van der Waals surface area contributed by atoms with E-state index in [1.165, 1.54) is 5.56 Å². The molecule has 1 unspecified atom stereocenters. The van der Waals surface area contributed by atoms with Crippen LogP contribution in [0.15, 0.2) is 42.5 Å². The lowest BCUT2D eigenvalue weighted by Crippen LogP contribution is -2.39. The third-order valence-electron chi connectivity index (χ3n) is 6.08. The van der Waals surface area contributed by atoms with Gasteiger partial charge in [0.15, 0.2) is 0 Å². The molecule has 168 valence electrons. The molecule has 1 N–H and O–H groups in total. The maximum absolute atomic E-state index is 13.0. The van der Waals surface area contributed by atoms with Gasteiger partial charge in [0, 0.05) is 31.3 Å². The number of amides is 2. The molecule has 0 saturated carbocycles. The number of hydrogen-bond donors (Lipinski definition) is 1. The van der Waals surface area contributed by atoms with Crippen LogP contribution in [0.3, 0.4) is 0 Å². The SMILES string of the molecule is CCN(CC)Cc1ccc(CNC(=O)N2CCCC2c2ccc(OC)cc2OC)cc1. The molecule has 3 rings (SSSR count). The number of methoxy groups -OCH3 is 2. The maximum atomic E-state index is 13.0. The van der Waals surface area contributed by atoms with Gasteiger partial charge in [-0.3, -0.25) is 4.90 Å². The summed E-state index contributed by atoms with van der Waals surface area (Å²) in [5.74, 6) is 1.51. The molecule has 1 fully saturated rings. The highest BCUT2D eigenvalue weighted by molar-refractivity contribution is 5.75. The summed E-state index contributed by atoms with van der Waals surface area (Å²) in [5.41, 5.74) is 3.43. The van der Waals surface area contributed by atoms with Gasteiger partial charge in [-0.15, -0.1) is 0 Å². The van der Waals surface area contributed by atoms with E-state index in [0.717, 1.165) is 61.6 Å². The van der Waals surface area contributed by atoms with Gasteiger partial charge in [0.2, 0.25) is 0 Å². The lowest BCUT2D eigenvalue weighted by atomic mass is 10.0. The van der Waals surface area contributed by atoms with E-state index in [0.29, 0.717) is 6.54 Å². The number of carbonyl (C=O) groups is 1. The summed E-state index contributed by atoms with van der Waals surface area (Å²) in [5, 5.41) is 3.09. The fraction of sp³-hybridized carbons (Fsp3) is 0.480. The summed E-state index contributed by atoms with van der Waals surface area (Å²) in [6.45, 7) is 8.68. The quantitative estimate of drug-likeness (QED) is 0.638. The molecule has 1 saturated heterocycles.